The van der Waals surface area contributed by atoms with Gasteiger partial charge in [0.05, 0.1) is 32.0 Å². The van der Waals surface area contributed by atoms with Gasteiger partial charge in [-0.05, 0) is 48.7 Å². The summed E-state index contributed by atoms with van der Waals surface area (Å²) >= 11 is 13.1. The molecule has 1 aromatic heterocycles. The molecule has 42 heavy (non-hydrogen) atoms. The number of nitrogens with zero attached hydrogens (tertiary/aromatic N) is 4. The highest BCUT2D eigenvalue weighted by Gasteiger charge is 2.28. The number of benzene rings is 2. The molecular weight excluding hydrogens is 579 g/mol. The maximum Gasteiger partial charge on any atom is 0.317 e. The van der Waals surface area contributed by atoms with Crippen LogP contribution in [0.5, 0.6) is 0 Å². The quantitative estimate of drug-likeness (QED) is 0.312. The fraction of sp³-hybridized carbons (Fsp3) is 0.433. The zero-order chi connectivity index (χ0) is 29.8. The lowest BCUT2D eigenvalue weighted by Gasteiger charge is -2.33. The number of morpholine rings is 1. The Hall–Kier alpha value is -3.15. The van der Waals surface area contributed by atoms with Crippen molar-refractivity contribution in [3.8, 4) is 22.4 Å². The number of ether oxygens (including phenoxy) is 1. The van der Waals surface area contributed by atoms with Gasteiger partial charge in [0.25, 0.3) is 0 Å². The van der Waals surface area contributed by atoms with Crippen molar-refractivity contribution in [1.82, 2.24) is 24.9 Å². The van der Waals surface area contributed by atoms with Crippen molar-refractivity contribution in [2.75, 3.05) is 39.4 Å². The highest BCUT2D eigenvalue weighted by molar-refractivity contribution is 6.33. The van der Waals surface area contributed by atoms with E-state index in [1.807, 2.05) is 30.3 Å². The zero-order valence-electron chi connectivity index (χ0n) is 23.6. The van der Waals surface area contributed by atoms with E-state index in [0.717, 1.165) is 78.5 Å². The number of aryl methyl sites for hydroxylation is 1. The molecule has 1 atom stereocenters. The summed E-state index contributed by atoms with van der Waals surface area (Å²) in [6.45, 7) is 7.49. The molecule has 1 saturated heterocycles. The van der Waals surface area contributed by atoms with Gasteiger partial charge in [-0.3, -0.25) is 14.4 Å². The number of halogens is 2. The third-order valence-corrected chi connectivity index (χ3v) is 8.65. The van der Waals surface area contributed by atoms with E-state index in [1.165, 1.54) is 0 Å². The fourth-order valence-corrected chi connectivity index (χ4v) is 6.10. The molecule has 0 bridgehead atoms. The van der Waals surface area contributed by atoms with Crippen LogP contribution < -0.4 is 11.1 Å². The van der Waals surface area contributed by atoms with E-state index >= 15 is 0 Å². The van der Waals surface area contributed by atoms with Crippen LogP contribution in [0.4, 0.5) is 4.79 Å². The number of primary amides is 1. The van der Waals surface area contributed by atoms with E-state index in [1.54, 1.807) is 11.0 Å². The van der Waals surface area contributed by atoms with Crippen molar-refractivity contribution in [2.45, 2.75) is 45.4 Å². The predicted molar refractivity (Wildman–Crippen MR) is 163 cm³/mol. The Morgan fingerprint density at radius 2 is 1.90 bits per heavy atom. The first-order valence-corrected chi connectivity index (χ1v) is 14.9. The highest BCUT2D eigenvalue weighted by atomic mass is 35.5. The van der Waals surface area contributed by atoms with Gasteiger partial charge >= 0.3 is 12.0 Å². The van der Waals surface area contributed by atoms with Gasteiger partial charge in [-0.15, -0.1) is 0 Å². The maximum atomic E-state index is 12.1. The van der Waals surface area contributed by atoms with Gasteiger partial charge in [-0.2, -0.15) is 5.10 Å². The van der Waals surface area contributed by atoms with E-state index in [9.17, 15) is 9.59 Å². The van der Waals surface area contributed by atoms with Crippen molar-refractivity contribution in [3.05, 3.63) is 63.3 Å². The molecule has 1 fully saturated rings. The molecule has 2 aliphatic heterocycles. The van der Waals surface area contributed by atoms with Gasteiger partial charge in [-0.1, -0.05) is 35.3 Å². The van der Waals surface area contributed by atoms with Gasteiger partial charge in [0, 0.05) is 77.6 Å². The second-order valence-corrected chi connectivity index (χ2v) is 11.6. The molecule has 0 spiro atoms. The average molecular weight is 616 g/mol. The van der Waals surface area contributed by atoms with Crippen LogP contribution in [0.25, 0.3) is 22.4 Å². The monoisotopic (exact) mass is 614 g/mol. The SMILES string of the molecule is C[C@@H]1COCCN1CCCn1nc(-c2ccc(Cl)c(-c3ccc(Cl)c(CNCC(=O)O)c3)c2)c2c1CCN(C(N)=O)C2. The van der Waals surface area contributed by atoms with Crippen molar-refractivity contribution in [2.24, 2.45) is 5.73 Å². The number of aliphatic carboxylic acids is 1. The van der Waals surface area contributed by atoms with E-state index in [2.05, 4.69) is 21.8 Å². The minimum atomic E-state index is -0.939. The number of fused-ring (bicyclic) bond motifs is 1. The normalized spacial score (nSPS) is 17.3. The minimum absolute atomic E-state index is 0.168. The first-order chi connectivity index (χ1) is 20.2. The van der Waals surface area contributed by atoms with E-state index in [0.29, 0.717) is 42.1 Å². The van der Waals surface area contributed by atoms with Crippen LogP contribution in [0, 0.1) is 0 Å². The lowest BCUT2D eigenvalue weighted by atomic mass is 9.96. The molecule has 0 saturated carbocycles. The Labute approximate surface area is 255 Å². The molecular formula is C30H36Cl2N6O4. The van der Waals surface area contributed by atoms with E-state index in [-0.39, 0.29) is 6.54 Å². The molecule has 5 rings (SSSR count). The Kier molecular flexibility index (Phi) is 9.70. The number of nitrogens with two attached hydrogens (primary N) is 1. The van der Waals surface area contributed by atoms with Gasteiger partial charge in [0.1, 0.15) is 0 Å². The number of amides is 2. The lowest BCUT2D eigenvalue weighted by molar-refractivity contribution is -0.136. The largest absolute Gasteiger partial charge is 0.480 e. The summed E-state index contributed by atoms with van der Waals surface area (Å²) in [6, 6.07) is 11.4. The number of hydrogen-bond acceptors (Lipinski definition) is 6. The number of urea groups is 1. The molecule has 3 aromatic rings. The molecule has 2 amide bonds. The summed E-state index contributed by atoms with van der Waals surface area (Å²) < 4.78 is 7.67. The lowest BCUT2D eigenvalue weighted by Crippen LogP contribution is -2.44. The molecule has 0 aliphatic carbocycles. The van der Waals surface area contributed by atoms with Gasteiger partial charge in [-0.25, -0.2) is 4.79 Å². The van der Waals surface area contributed by atoms with Crippen LogP contribution in [-0.4, -0.2) is 82.1 Å². The standard InChI is InChI=1S/C30H36Cl2N6O4/c1-19-18-42-12-11-36(19)8-2-9-38-27-7-10-37(30(33)41)17-24(27)29(35-38)21-4-6-26(32)23(14-21)20-3-5-25(31)22(13-20)15-34-16-28(39)40/h3-6,13-14,19,34H,2,7-12,15-18H2,1H3,(H2,33,41)(H,39,40)/t19-/m1/s1. The van der Waals surface area contributed by atoms with Crippen LogP contribution in [0.1, 0.15) is 30.2 Å². The predicted octanol–water partition coefficient (Wildman–Crippen LogP) is 4.25. The van der Waals surface area contributed by atoms with Crippen molar-refractivity contribution < 1.29 is 19.4 Å². The smallest absolute Gasteiger partial charge is 0.317 e. The molecule has 2 aromatic carbocycles. The number of carboxylic acids is 1. The molecule has 2 aliphatic rings. The Morgan fingerprint density at radius 1 is 1.12 bits per heavy atom. The Bertz CT molecular complexity index is 1460. The molecule has 10 nitrogen and oxygen atoms in total. The van der Waals surface area contributed by atoms with Gasteiger partial charge in [0.2, 0.25) is 0 Å². The van der Waals surface area contributed by atoms with E-state index in [4.69, 9.17) is 43.9 Å². The first kappa shape index (κ1) is 30.3. The molecule has 3 heterocycles. The summed E-state index contributed by atoms with van der Waals surface area (Å²) in [7, 11) is 0. The number of hydrogen-bond donors (Lipinski definition) is 3. The second-order valence-electron chi connectivity index (χ2n) is 10.8. The number of nitrogens with one attached hydrogen (secondary N) is 1. The topological polar surface area (TPSA) is 126 Å². The number of carboxylic acid groups (broad SMARTS) is 1. The van der Waals surface area contributed by atoms with Crippen molar-refractivity contribution >= 4 is 35.2 Å². The van der Waals surface area contributed by atoms with E-state index < -0.39 is 12.0 Å². The van der Waals surface area contributed by atoms with Gasteiger partial charge in [0.15, 0.2) is 0 Å². The number of carbonyl (C=O) groups is 2. The Morgan fingerprint density at radius 3 is 2.67 bits per heavy atom. The summed E-state index contributed by atoms with van der Waals surface area (Å²) in [5, 5.41) is 18.0. The summed E-state index contributed by atoms with van der Waals surface area (Å²) in [4.78, 5) is 27.1. The summed E-state index contributed by atoms with van der Waals surface area (Å²) in [6.07, 6.45) is 1.64. The summed E-state index contributed by atoms with van der Waals surface area (Å²) in [5.41, 5.74) is 11.9. The highest BCUT2D eigenvalue weighted by Crippen LogP contribution is 2.37. The maximum absolute atomic E-state index is 12.1. The van der Waals surface area contributed by atoms with Crippen LogP contribution in [-0.2, 0) is 35.6 Å². The van der Waals surface area contributed by atoms with Gasteiger partial charge < -0.3 is 25.8 Å². The molecule has 224 valence electrons. The first-order valence-electron chi connectivity index (χ1n) is 14.2. The summed E-state index contributed by atoms with van der Waals surface area (Å²) in [5.74, 6) is -0.939. The molecule has 4 N–H and O–H groups in total. The average Bonchev–Trinajstić information content (AvgIpc) is 3.33. The number of rotatable bonds is 10. The van der Waals surface area contributed by atoms with Crippen LogP contribution in [0.15, 0.2) is 36.4 Å². The third-order valence-electron chi connectivity index (χ3n) is 7.95. The zero-order valence-corrected chi connectivity index (χ0v) is 25.1. The third kappa shape index (κ3) is 6.90. The number of carbonyl (C=O) groups excluding carboxylic acids is 1. The fourth-order valence-electron chi connectivity index (χ4n) is 5.69. The van der Waals surface area contributed by atoms with Crippen molar-refractivity contribution in [1.29, 1.82) is 0 Å². The van der Waals surface area contributed by atoms with Crippen LogP contribution >= 0.6 is 23.2 Å². The molecule has 0 unspecified atom stereocenters. The van der Waals surface area contributed by atoms with Crippen LogP contribution in [0.3, 0.4) is 0 Å². The Balaban J connectivity index is 1.44. The minimum Gasteiger partial charge on any atom is -0.480 e. The molecule has 12 heteroatoms. The van der Waals surface area contributed by atoms with Crippen LogP contribution in [0.2, 0.25) is 10.0 Å². The van der Waals surface area contributed by atoms with Crippen molar-refractivity contribution in [3.63, 3.8) is 0 Å². The molecule has 0 radical (unpaired) electrons. The second kappa shape index (κ2) is 13.4. The number of aromatic nitrogens is 2.